The van der Waals surface area contributed by atoms with Gasteiger partial charge in [-0.05, 0) is 91.2 Å². The van der Waals surface area contributed by atoms with Crippen molar-refractivity contribution < 1.29 is 19.0 Å². The number of hydrogen-bond acceptors (Lipinski definition) is 6. The van der Waals surface area contributed by atoms with Crippen molar-refractivity contribution in [3.05, 3.63) is 90.5 Å². The first-order valence-corrected chi connectivity index (χ1v) is 13.4. The molecule has 206 valence electrons. The van der Waals surface area contributed by atoms with Crippen LogP contribution in [0, 0.1) is 0 Å². The maximum absolute atomic E-state index is 13.1. The van der Waals surface area contributed by atoms with E-state index in [0.29, 0.717) is 22.7 Å². The predicted molar refractivity (Wildman–Crippen MR) is 160 cm³/mol. The minimum Gasteiger partial charge on any atom is -0.497 e. The van der Waals surface area contributed by atoms with Crippen LogP contribution in [0.5, 0.6) is 17.2 Å². The van der Waals surface area contributed by atoms with Crippen molar-refractivity contribution in [3.63, 3.8) is 0 Å². The summed E-state index contributed by atoms with van der Waals surface area (Å²) < 4.78 is 17.1. The average Bonchev–Trinajstić information content (AvgIpc) is 2.99. The molecule has 4 aromatic rings. The van der Waals surface area contributed by atoms with Crippen molar-refractivity contribution in [1.29, 1.82) is 0 Å². The number of methoxy groups -OCH3 is 2. The van der Waals surface area contributed by atoms with E-state index in [1.807, 2.05) is 72.8 Å². The first kappa shape index (κ1) is 27.1. The lowest BCUT2D eigenvalue weighted by atomic mass is 10.0. The molecule has 1 heterocycles. The van der Waals surface area contributed by atoms with E-state index in [1.54, 1.807) is 26.4 Å². The molecule has 1 aliphatic heterocycles. The van der Waals surface area contributed by atoms with Gasteiger partial charge in [0.25, 0.3) is 5.91 Å². The Labute approximate surface area is 235 Å². The van der Waals surface area contributed by atoms with Crippen LogP contribution in [0.4, 0.5) is 11.4 Å². The number of likely N-dealkylation sites (tertiary alicyclic amines) is 1. The van der Waals surface area contributed by atoms with Gasteiger partial charge in [0.05, 0.1) is 19.9 Å². The van der Waals surface area contributed by atoms with Crippen molar-refractivity contribution in [1.82, 2.24) is 4.90 Å². The second kappa shape index (κ2) is 12.1. The zero-order valence-corrected chi connectivity index (χ0v) is 23.1. The lowest BCUT2D eigenvalue weighted by molar-refractivity contribution is 0.102. The minimum atomic E-state index is -0.209. The Morgan fingerprint density at radius 3 is 2.25 bits per heavy atom. The molecule has 1 saturated heterocycles. The van der Waals surface area contributed by atoms with Gasteiger partial charge in [-0.2, -0.15) is 0 Å². The molecule has 0 saturated carbocycles. The molecule has 0 atom stereocenters. The second-order valence-electron chi connectivity index (χ2n) is 10.1. The van der Waals surface area contributed by atoms with E-state index in [0.717, 1.165) is 59.7 Å². The molecule has 1 fully saturated rings. The first-order valence-electron chi connectivity index (χ1n) is 13.4. The van der Waals surface area contributed by atoms with Crippen LogP contribution in [0.2, 0.25) is 0 Å². The van der Waals surface area contributed by atoms with Crippen molar-refractivity contribution in [3.8, 4) is 39.5 Å². The van der Waals surface area contributed by atoms with Crippen LogP contribution in [0.25, 0.3) is 22.3 Å². The summed E-state index contributed by atoms with van der Waals surface area (Å²) in [5.41, 5.74) is 11.9. The maximum atomic E-state index is 13.1. The summed E-state index contributed by atoms with van der Waals surface area (Å²) in [6.07, 6.45) is 2.21. The number of carbonyl (C=O) groups is 1. The van der Waals surface area contributed by atoms with E-state index in [2.05, 4.69) is 17.3 Å². The number of nitrogens with two attached hydrogens (primary N) is 1. The fourth-order valence-corrected chi connectivity index (χ4v) is 4.93. The quantitative estimate of drug-likeness (QED) is 0.255. The Morgan fingerprint density at radius 2 is 1.55 bits per heavy atom. The van der Waals surface area contributed by atoms with E-state index in [1.165, 1.54) is 0 Å². The molecule has 4 aromatic carbocycles. The third-order valence-corrected chi connectivity index (χ3v) is 7.29. The van der Waals surface area contributed by atoms with Gasteiger partial charge in [-0.25, -0.2) is 0 Å². The van der Waals surface area contributed by atoms with Gasteiger partial charge in [0.2, 0.25) is 0 Å². The number of nitrogens with zero attached hydrogens (tertiary/aromatic N) is 1. The predicted octanol–water partition coefficient (Wildman–Crippen LogP) is 6.35. The van der Waals surface area contributed by atoms with E-state index in [-0.39, 0.29) is 12.0 Å². The summed E-state index contributed by atoms with van der Waals surface area (Å²) >= 11 is 0. The van der Waals surface area contributed by atoms with Gasteiger partial charge in [-0.1, -0.05) is 30.3 Å². The van der Waals surface area contributed by atoms with Gasteiger partial charge in [-0.15, -0.1) is 0 Å². The molecule has 0 bridgehead atoms. The number of nitrogens with one attached hydrogen (secondary N) is 1. The highest BCUT2D eigenvalue weighted by Crippen LogP contribution is 2.34. The van der Waals surface area contributed by atoms with Crippen molar-refractivity contribution >= 4 is 17.3 Å². The smallest absolute Gasteiger partial charge is 0.255 e. The largest absolute Gasteiger partial charge is 0.497 e. The summed E-state index contributed by atoms with van der Waals surface area (Å²) in [5, 5.41) is 2.99. The molecule has 3 N–H and O–H groups in total. The SMILES string of the molecule is COc1cccc(-c2cc(C(=O)Nc3ccc(-c4ccc(OC5CCN(C)CC5)c(N)c4)cc3)ccc2OC)c1. The van der Waals surface area contributed by atoms with Gasteiger partial charge >= 0.3 is 0 Å². The molecule has 5 rings (SSSR count). The molecule has 1 amide bonds. The highest BCUT2D eigenvalue weighted by Gasteiger charge is 2.19. The third-order valence-electron chi connectivity index (χ3n) is 7.29. The van der Waals surface area contributed by atoms with Crippen molar-refractivity contribution in [2.75, 3.05) is 45.4 Å². The number of amides is 1. The Balaban J connectivity index is 1.27. The maximum Gasteiger partial charge on any atom is 0.255 e. The summed E-state index contributed by atoms with van der Waals surface area (Å²) in [4.78, 5) is 15.4. The Bertz CT molecular complexity index is 1480. The normalized spacial score (nSPS) is 14.0. The number of ether oxygens (including phenoxy) is 3. The molecule has 0 radical (unpaired) electrons. The zero-order chi connectivity index (χ0) is 28.1. The van der Waals surface area contributed by atoms with Gasteiger partial charge < -0.3 is 30.2 Å². The number of anilines is 2. The Hall–Kier alpha value is -4.49. The Morgan fingerprint density at radius 1 is 0.825 bits per heavy atom. The van der Waals surface area contributed by atoms with E-state index in [9.17, 15) is 4.79 Å². The summed E-state index contributed by atoms with van der Waals surface area (Å²) in [6, 6.07) is 26.7. The Kier molecular flexibility index (Phi) is 8.22. The average molecular weight is 538 g/mol. The second-order valence-corrected chi connectivity index (χ2v) is 10.1. The molecule has 0 unspecified atom stereocenters. The molecule has 0 spiro atoms. The van der Waals surface area contributed by atoms with Crippen LogP contribution in [0.1, 0.15) is 23.2 Å². The molecular weight excluding hydrogens is 502 g/mol. The monoisotopic (exact) mass is 537 g/mol. The fourth-order valence-electron chi connectivity index (χ4n) is 4.93. The molecule has 0 aromatic heterocycles. The molecular formula is C33H35N3O4. The summed E-state index contributed by atoms with van der Waals surface area (Å²) in [5.74, 6) is 1.93. The fraction of sp³-hybridized carbons (Fsp3) is 0.242. The minimum absolute atomic E-state index is 0.199. The van der Waals surface area contributed by atoms with Crippen LogP contribution in [0.3, 0.4) is 0 Å². The van der Waals surface area contributed by atoms with Gasteiger partial charge in [-0.3, -0.25) is 4.79 Å². The highest BCUT2D eigenvalue weighted by atomic mass is 16.5. The third kappa shape index (κ3) is 6.21. The van der Waals surface area contributed by atoms with Crippen LogP contribution in [-0.4, -0.2) is 51.3 Å². The van der Waals surface area contributed by atoms with Crippen LogP contribution < -0.4 is 25.3 Å². The number of hydrogen-bond donors (Lipinski definition) is 2. The molecule has 1 aliphatic rings. The van der Waals surface area contributed by atoms with Crippen molar-refractivity contribution in [2.24, 2.45) is 0 Å². The molecule has 7 nitrogen and oxygen atoms in total. The number of carbonyl (C=O) groups excluding carboxylic acids is 1. The number of piperidine rings is 1. The number of rotatable bonds is 8. The molecule has 7 heteroatoms. The van der Waals surface area contributed by atoms with E-state index < -0.39 is 0 Å². The summed E-state index contributed by atoms with van der Waals surface area (Å²) in [7, 11) is 5.38. The van der Waals surface area contributed by atoms with Gasteiger partial charge in [0.15, 0.2) is 0 Å². The lowest BCUT2D eigenvalue weighted by Crippen LogP contribution is -2.35. The number of nitrogen functional groups attached to an aromatic ring is 1. The van der Waals surface area contributed by atoms with Crippen LogP contribution >= 0.6 is 0 Å². The highest BCUT2D eigenvalue weighted by molar-refractivity contribution is 6.05. The first-order chi connectivity index (χ1) is 19.4. The van der Waals surface area contributed by atoms with E-state index in [4.69, 9.17) is 19.9 Å². The summed E-state index contributed by atoms with van der Waals surface area (Å²) in [6.45, 7) is 2.07. The van der Waals surface area contributed by atoms with Gasteiger partial charge in [0.1, 0.15) is 23.4 Å². The standard InChI is InChI=1S/C33H35N3O4/c1-36-17-15-27(16-18-36)40-32-14-9-23(21-30(32)34)22-7-11-26(12-8-22)35-33(37)25-10-13-31(39-3)29(20-25)24-5-4-6-28(19-24)38-2/h4-14,19-21,27H,15-18,34H2,1-3H3,(H,35,37). The zero-order valence-electron chi connectivity index (χ0n) is 23.1. The number of benzene rings is 4. The van der Waals surface area contributed by atoms with Crippen molar-refractivity contribution in [2.45, 2.75) is 18.9 Å². The van der Waals surface area contributed by atoms with Crippen LogP contribution in [0.15, 0.2) is 84.9 Å². The lowest BCUT2D eigenvalue weighted by Gasteiger charge is -2.29. The molecule has 40 heavy (non-hydrogen) atoms. The van der Waals surface area contributed by atoms with Gasteiger partial charge in [0, 0.05) is 29.9 Å². The van der Waals surface area contributed by atoms with Crippen LogP contribution in [-0.2, 0) is 0 Å². The van der Waals surface area contributed by atoms with E-state index >= 15 is 0 Å². The molecule has 0 aliphatic carbocycles. The topological polar surface area (TPSA) is 86.1 Å².